The summed E-state index contributed by atoms with van der Waals surface area (Å²) in [6.45, 7) is 0. The fraction of sp³-hybridized carbons (Fsp3) is 0. The standard InChI is InChI=1S/C51H31N3O/c1-3-12-33(13-4-1)49-52-50(34-14-5-2-6-15-34)54-51(53-49)45-31-42-17-9-10-18-43(42)48-47(45)44-30-41(25-26-46(44)55-48)40-24-23-38-28-37(21-22-39(38)29-40)36-20-19-32-11-7-8-16-35(32)27-36/h1-31H. The largest absolute Gasteiger partial charge is 0.455 e. The summed E-state index contributed by atoms with van der Waals surface area (Å²) in [5, 5.41) is 9.01. The van der Waals surface area contributed by atoms with Crippen LogP contribution >= 0.6 is 0 Å². The molecule has 0 saturated carbocycles. The van der Waals surface area contributed by atoms with Crippen LogP contribution in [-0.2, 0) is 0 Å². The molecule has 0 N–H and O–H groups in total. The molecule has 0 amide bonds. The van der Waals surface area contributed by atoms with Gasteiger partial charge in [-0.25, -0.2) is 15.0 Å². The molecule has 0 bridgehead atoms. The van der Waals surface area contributed by atoms with Gasteiger partial charge in [-0.15, -0.1) is 0 Å². The Kier molecular flexibility index (Phi) is 7.14. The summed E-state index contributed by atoms with van der Waals surface area (Å²) >= 11 is 0. The van der Waals surface area contributed by atoms with E-state index >= 15 is 0 Å². The van der Waals surface area contributed by atoms with Gasteiger partial charge in [-0.3, -0.25) is 0 Å². The Bertz CT molecular complexity index is 3200. The van der Waals surface area contributed by atoms with Crippen molar-refractivity contribution in [3.63, 3.8) is 0 Å². The molecule has 2 heterocycles. The van der Waals surface area contributed by atoms with Crippen LogP contribution in [0.25, 0.3) is 111 Å². The van der Waals surface area contributed by atoms with Crippen LogP contribution in [0.2, 0.25) is 0 Å². The van der Waals surface area contributed by atoms with Crippen molar-refractivity contribution in [2.45, 2.75) is 0 Å². The van der Waals surface area contributed by atoms with Gasteiger partial charge in [0.25, 0.3) is 0 Å². The molecule has 256 valence electrons. The molecule has 0 aliphatic rings. The molecule has 11 rings (SSSR count). The number of aromatic nitrogens is 3. The van der Waals surface area contributed by atoms with Crippen LogP contribution in [0.15, 0.2) is 192 Å². The Morgan fingerprint density at radius 3 is 1.42 bits per heavy atom. The van der Waals surface area contributed by atoms with Crippen molar-refractivity contribution >= 4 is 54.3 Å². The summed E-state index contributed by atoms with van der Waals surface area (Å²) in [7, 11) is 0. The monoisotopic (exact) mass is 701 g/mol. The first-order chi connectivity index (χ1) is 27.2. The van der Waals surface area contributed by atoms with Gasteiger partial charge in [-0.1, -0.05) is 152 Å². The van der Waals surface area contributed by atoms with Crippen molar-refractivity contribution in [3.05, 3.63) is 188 Å². The molecular weight excluding hydrogens is 671 g/mol. The third-order valence-corrected chi connectivity index (χ3v) is 10.7. The van der Waals surface area contributed by atoms with Gasteiger partial charge in [-0.05, 0) is 85.6 Å². The smallest absolute Gasteiger partial charge is 0.164 e. The molecule has 0 fully saturated rings. The van der Waals surface area contributed by atoms with E-state index in [9.17, 15) is 0 Å². The summed E-state index contributed by atoms with van der Waals surface area (Å²) in [6.07, 6.45) is 0. The maximum atomic E-state index is 6.73. The Morgan fingerprint density at radius 2 is 0.782 bits per heavy atom. The van der Waals surface area contributed by atoms with Gasteiger partial charge in [0.2, 0.25) is 0 Å². The molecule has 0 spiro atoms. The van der Waals surface area contributed by atoms with Crippen LogP contribution in [0.3, 0.4) is 0 Å². The van der Waals surface area contributed by atoms with E-state index in [-0.39, 0.29) is 0 Å². The van der Waals surface area contributed by atoms with Gasteiger partial charge in [-0.2, -0.15) is 0 Å². The van der Waals surface area contributed by atoms with E-state index in [0.29, 0.717) is 17.5 Å². The molecule has 0 radical (unpaired) electrons. The van der Waals surface area contributed by atoms with E-state index in [1.807, 2.05) is 60.7 Å². The topological polar surface area (TPSA) is 51.8 Å². The molecule has 0 aliphatic carbocycles. The first-order valence-corrected chi connectivity index (χ1v) is 18.5. The number of rotatable bonds is 5. The van der Waals surface area contributed by atoms with Crippen molar-refractivity contribution in [1.29, 1.82) is 0 Å². The maximum Gasteiger partial charge on any atom is 0.164 e. The van der Waals surface area contributed by atoms with Crippen LogP contribution < -0.4 is 0 Å². The summed E-state index contributed by atoms with van der Waals surface area (Å²) in [6, 6.07) is 65.9. The lowest BCUT2D eigenvalue weighted by atomic mass is 9.95. The van der Waals surface area contributed by atoms with E-state index < -0.39 is 0 Å². The van der Waals surface area contributed by atoms with Gasteiger partial charge in [0.05, 0.1) is 0 Å². The number of hydrogen-bond acceptors (Lipinski definition) is 4. The molecule has 2 aromatic heterocycles. The fourth-order valence-electron chi connectivity index (χ4n) is 7.87. The first-order valence-electron chi connectivity index (χ1n) is 18.5. The minimum Gasteiger partial charge on any atom is -0.455 e. The van der Waals surface area contributed by atoms with Crippen molar-refractivity contribution in [2.24, 2.45) is 0 Å². The zero-order valence-electron chi connectivity index (χ0n) is 29.6. The quantitative estimate of drug-likeness (QED) is 0.179. The van der Waals surface area contributed by atoms with Gasteiger partial charge >= 0.3 is 0 Å². The molecule has 0 atom stereocenters. The molecule has 4 heteroatoms. The minimum absolute atomic E-state index is 0.601. The highest BCUT2D eigenvalue weighted by atomic mass is 16.3. The lowest BCUT2D eigenvalue weighted by molar-refractivity contribution is 0.673. The predicted molar refractivity (Wildman–Crippen MR) is 227 cm³/mol. The van der Waals surface area contributed by atoms with Gasteiger partial charge < -0.3 is 4.42 Å². The lowest BCUT2D eigenvalue weighted by Crippen LogP contribution is -2.00. The summed E-state index contributed by atoms with van der Waals surface area (Å²) in [5.41, 5.74) is 9.09. The van der Waals surface area contributed by atoms with Crippen molar-refractivity contribution in [3.8, 4) is 56.4 Å². The van der Waals surface area contributed by atoms with Gasteiger partial charge in [0.1, 0.15) is 11.2 Å². The molecule has 0 unspecified atom stereocenters. The van der Waals surface area contributed by atoms with Crippen LogP contribution in [0.5, 0.6) is 0 Å². The molecule has 0 aliphatic heterocycles. The number of furan rings is 1. The fourth-order valence-corrected chi connectivity index (χ4v) is 7.87. The summed E-state index contributed by atoms with van der Waals surface area (Å²) in [4.78, 5) is 15.2. The average molecular weight is 702 g/mol. The Labute approximate surface area is 317 Å². The van der Waals surface area contributed by atoms with Crippen LogP contribution in [-0.4, -0.2) is 15.0 Å². The second kappa shape index (κ2) is 12.6. The number of benzene rings is 9. The zero-order chi connectivity index (χ0) is 36.3. The Balaban J connectivity index is 1.08. The molecule has 0 saturated heterocycles. The summed E-state index contributed by atoms with van der Waals surface area (Å²) < 4.78 is 6.73. The highest BCUT2D eigenvalue weighted by molar-refractivity contribution is 6.21. The normalized spacial score (nSPS) is 11.6. The van der Waals surface area contributed by atoms with Crippen LogP contribution in [0.1, 0.15) is 0 Å². The molecule has 9 aromatic carbocycles. The number of hydrogen-bond donors (Lipinski definition) is 0. The van der Waals surface area contributed by atoms with Crippen LogP contribution in [0, 0.1) is 0 Å². The lowest BCUT2D eigenvalue weighted by Gasteiger charge is -2.11. The van der Waals surface area contributed by atoms with E-state index in [1.165, 1.54) is 32.7 Å². The van der Waals surface area contributed by atoms with E-state index in [0.717, 1.165) is 60.5 Å². The number of nitrogens with zero attached hydrogens (tertiary/aromatic N) is 3. The van der Waals surface area contributed by atoms with Crippen molar-refractivity contribution in [2.75, 3.05) is 0 Å². The third-order valence-electron chi connectivity index (χ3n) is 10.7. The van der Waals surface area contributed by atoms with Crippen molar-refractivity contribution in [1.82, 2.24) is 15.0 Å². The van der Waals surface area contributed by atoms with Crippen molar-refractivity contribution < 1.29 is 4.42 Å². The second-order valence-corrected chi connectivity index (χ2v) is 14.0. The van der Waals surface area contributed by atoms with E-state index in [1.54, 1.807) is 0 Å². The summed E-state index contributed by atoms with van der Waals surface area (Å²) in [5.74, 6) is 1.85. The average Bonchev–Trinajstić information content (AvgIpc) is 3.65. The second-order valence-electron chi connectivity index (χ2n) is 14.0. The van der Waals surface area contributed by atoms with Gasteiger partial charge in [0, 0.05) is 32.8 Å². The molecule has 4 nitrogen and oxygen atoms in total. The van der Waals surface area contributed by atoms with E-state index in [4.69, 9.17) is 19.4 Å². The Morgan fingerprint density at radius 1 is 0.309 bits per heavy atom. The van der Waals surface area contributed by atoms with E-state index in [2.05, 4.69) is 127 Å². The van der Waals surface area contributed by atoms with Crippen LogP contribution in [0.4, 0.5) is 0 Å². The highest BCUT2D eigenvalue weighted by Crippen LogP contribution is 2.42. The SMILES string of the molecule is c1ccc(-c2nc(-c3ccccc3)nc(-c3cc4ccccc4c4oc5ccc(-c6ccc7cc(-c8ccc9ccccc9c8)ccc7c6)cc5c34)n2)cc1. The zero-order valence-corrected chi connectivity index (χ0v) is 29.6. The highest BCUT2D eigenvalue weighted by Gasteiger charge is 2.21. The predicted octanol–water partition coefficient (Wildman–Crippen LogP) is 13.6. The minimum atomic E-state index is 0.601. The molecular formula is C51H31N3O. The molecule has 55 heavy (non-hydrogen) atoms. The first kappa shape index (κ1) is 31.1. The van der Waals surface area contributed by atoms with Gasteiger partial charge in [0.15, 0.2) is 17.5 Å². The molecule has 11 aromatic rings. The number of fused-ring (bicyclic) bond motifs is 7. The maximum absolute atomic E-state index is 6.73. The Hall–Kier alpha value is -7.43. The third kappa shape index (κ3) is 5.43.